The fraction of sp³-hybridized carbons (Fsp3) is 0.235. The topological polar surface area (TPSA) is 75.3 Å². The second-order valence-corrected chi connectivity index (χ2v) is 7.93. The smallest absolute Gasteiger partial charge is 0.240 e. The molecule has 0 spiro atoms. The van der Waals surface area contributed by atoms with Crippen LogP contribution < -0.4 is 10.0 Å². The minimum absolute atomic E-state index is 0.187. The predicted octanol–water partition coefficient (Wildman–Crippen LogP) is 3.86. The standard InChI is InChI=1S/C17H18Cl2N2O3S/c1-2-20-25(23,24)14-7-3-12(4-8-14)5-10-17(22)21-16-9-6-13(18)11-15(16)19/h3-4,6-9,11,20H,2,5,10H2,1H3,(H,21,22). The van der Waals surface area contributed by atoms with E-state index in [0.717, 1.165) is 5.56 Å². The minimum Gasteiger partial charge on any atom is -0.325 e. The summed E-state index contributed by atoms with van der Waals surface area (Å²) >= 11 is 11.8. The molecule has 0 saturated carbocycles. The molecule has 2 N–H and O–H groups in total. The number of hydrogen-bond donors (Lipinski definition) is 2. The van der Waals surface area contributed by atoms with Crippen LogP contribution in [0.25, 0.3) is 0 Å². The van der Waals surface area contributed by atoms with E-state index in [1.54, 1.807) is 37.3 Å². The lowest BCUT2D eigenvalue weighted by molar-refractivity contribution is -0.116. The third kappa shape index (κ3) is 5.71. The zero-order chi connectivity index (χ0) is 18.4. The maximum atomic E-state index is 12.0. The van der Waals surface area contributed by atoms with E-state index in [4.69, 9.17) is 23.2 Å². The molecule has 8 heteroatoms. The number of carbonyl (C=O) groups is 1. The van der Waals surface area contributed by atoms with E-state index in [2.05, 4.69) is 10.0 Å². The third-order valence-corrected chi connectivity index (χ3v) is 5.52. The van der Waals surface area contributed by atoms with Gasteiger partial charge in [0, 0.05) is 18.0 Å². The van der Waals surface area contributed by atoms with Gasteiger partial charge < -0.3 is 5.32 Å². The molecule has 0 radical (unpaired) electrons. The lowest BCUT2D eigenvalue weighted by Crippen LogP contribution is -2.23. The first-order valence-corrected chi connectivity index (χ1v) is 9.89. The molecule has 134 valence electrons. The molecular weight excluding hydrogens is 383 g/mol. The molecule has 0 aliphatic rings. The number of sulfonamides is 1. The van der Waals surface area contributed by atoms with Crippen LogP contribution in [0.15, 0.2) is 47.4 Å². The van der Waals surface area contributed by atoms with Crippen molar-refractivity contribution in [1.29, 1.82) is 0 Å². The Morgan fingerprint density at radius 3 is 2.36 bits per heavy atom. The summed E-state index contributed by atoms with van der Waals surface area (Å²) in [5, 5.41) is 3.59. The van der Waals surface area contributed by atoms with Crippen LogP contribution in [0.2, 0.25) is 10.0 Å². The normalized spacial score (nSPS) is 11.3. The highest BCUT2D eigenvalue weighted by molar-refractivity contribution is 7.89. The van der Waals surface area contributed by atoms with Crippen molar-refractivity contribution in [3.05, 3.63) is 58.1 Å². The maximum Gasteiger partial charge on any atom is 0.240 e. The van der Waals surface area contributed by atoms with Crippen molar-refractivity contribution in [2.24, 2.45) is 0 Å². The van der Waals surface area contributed by atoms with Crippen LogP contribution in [0.1, 0.15) is 18.9 Å². The lowest BCUT2D eigenvalue weighted by Gasteiger charge is -2.08. The van der Waals surface area contributed by atoms with Crippen LogP contribution in [-0.4, -0.2) is 20.9 Å². The molecular formula is C17H18Cl2N2O3S. The average molecular weight is 401 g/mol. The monoisotopic (exact) mass is 400 g/mol. The number of anilines is 1. The number of carbonyl (C=O) groups excluding carboxylic acids is 1. The van der Waals surface area contributed by atoms with Crippen LogP contribution in [0, 0.1) is 0 Å². The summed E-state index contributed by atoms with van der Waals surface area (Å²) in [5.74, 6) is -0.187. The first-order chi connectivity index (χ1) is 11.8. The van der Waals surface area contributed by atoms with E-state index in [1.807, 2.05) is 0 Å². The van der Waals surface area contributed by atoms with Crippen LogP contribution in [0.3, 0.4) is 0 Å². The molecule has 0 atom stereocenters. The van der Waals surface area contributed by atoms with Gasteiger partial charge in [0.15, 0.2) is 0 Å². The van der Waals surface area contributed by atoms with E-state index in [9.17, 15) is 13.2 Å². The average Bonchev–Trinajstić information content (AvgIpc) is 2.56. The number of amides is 1. The Kier molecular flexibility index (Phi) is 6.84. The summed E-state index contributed by atoms with van der Waals surface area (Å²) in [5.41, 5.74) is 1.37. The number of hydrogen-bond acceptors (Lipinski definition) is 3. The first kappa shape index (κ1) is 19.7. The van der Waals surface area contributed by atoms with Gasteiger partial charge in [0.1, 0.15) is 0 Å². The van der Waals surface area contributed by atoms with Gasteiger partial charge in [-0.3, -0.25) is 4.79 Å². The molecule has 1 amide bonds. The van der Waals surface area contributed by atoms with Gasteiger partial charge in [0.2, 0.25) is 15.9 Å². The Bertz CT molecular complexity index is 853. The van der Waals surface area contributed by atoms with Crippen molar-refractivity contribution in [3.8, 4) is 0 Å². The fourth-order valence-electron chi connectivity index (χ4n) is 2.17. The molecule has 0 unspecified atom stereocenters. The molecule has 0 saturated heterocycles. The highest BCUT2D eigenvalue weighted by atomic mass is 35.5. The number of rotatable bonds is 7. The zero-order valence-corrected chi connectivity index (χ0v) is 15.9. The molecule has 0 fully saturated rings. The van der Waals surface area contributed by atoms with Crippen molar-refractivity contribution in [2.75, 3.05) is 11.9 Å². The summed E-state index contributed by atoms with van der Waals surface area (Å²) in [4.78, 5) is 12.2. The molecule has 0 heterocycles. The molecule has 2 aromatic carbocycles. The Balaban J connectivity index is 1.93. The Morgan fingerprint density at radius 1 is 1.08 bits per heavy atom. The molecule has 2 aromatic rings. The van der Waals surface area contributed by atoms with Crippen molar-refractivity contribution in [1.82, 2.24) is 4.72 Å². The SMILES string of the molecule is CCNS(=O)(=O)c1ccc(CCC(=O)Nc2ccc(Cl)cc2Cl)cc1. The summed E-state index contributed by atoms with van der Waals surface area (Å²) < 4.78 is 26.2. The maximum absolute atomic E-state index is 12.0. The van der Waals surface area contributed by atoms with Crippen molar-refractivity contribution < 1.29 is 13.2 Å². The minimum atomic E-state index is -3.46. The molecule has 2 rings (SSSR count). The van der Waals surface area contributed by atoms with Gasteiger partial charge in [0.05, 0.1) is 15.6 Å². The van der Waals surface area contributed by atoms with Crippen molar-refractivity contribution in [2.45, 2.75) is 24.7 Å². The Hall–Kier alpha value is -1.60. The molecule has 5 nitrogen and oxygen atoms in total. The molecule has 0 bridgehead atoms. The predicted molar refractivity (Wildman–Crippen MR) is 101 cm³/mol. The van der Waals surface area contributed by atoms with Gasteiger partial charge in [-0.2, -0.15) is 0 Å². The largest absolute Gasteiger partial charge is 0.325 e. The molecule has 0 aromatic heterocycles. The van der Waals surface area contributed by atoms with Crippen LogP contribution in [0.4, 0.5) is 5.69 Å². The molecule has 0 aliphatic carbocycles. The van der Waals surface area contributed by atoms with E-state index in [-0.39, 0.29) is 17.2 Å². The van der Waals surface area contributed by atoms with Crippen LogP contribution >= 0.6 is 23.2 Å². The van der Waals surface area contributed by atoms with Crippen molar-refractivity contribution in [3.63, 3.8) is 0 Å². The van der Waals surface area contributed by atoms with Crippen LogP contribution in [-0.2, 0) is 21.2 Å². The lowest BCUT2D eigenvalue weighted by atomic mass is 10.1. The van der Waals surface area contributed by atoms with E-state index < -0.39 is 10.0 Å². The summed E-state index contributed by atoms with van der Waals surface area (Å²) in [6.07, 6.45) is 0.733. The van der Waals surface area contributed by atoms with E-state index in [0.29, 0.717) is 28.7 Å². The third-order valence-electron chi connectivity index (χ3n) is 3.41. The quantitative estimate of drug-likeness (QED) is 0.740. The van der Waals surface area contributed by atoms with E-state index in [1.165, 1.54) is 12.1 Å². The van der Waals surface area contributed by atoms with Gasteiger partial charge in [-0.05, 0) is 42.3 Å². The van der Waals surface area contributed by atoms with Crippen molar-refractivity contribution >= 4 is 44.8 Å². The number of nitrogens with one attached hydrogen (secondary N) is 2. The molecule has 25 heavy (non-hydrogen) atoms. The Morgan fingerprint density at radius 2 is 1.76 bits per heavy atom. The second kappa shape index (κ2) is 8.67. The number of benzene rings is 2. The van der Waals surface area contributed by atoms with Gasteiger partial charge in [-0.25, -0.2) is 13.1 Å². The van der Waals surface area contributed by atoms with Gasteiger partial charge in [-0.15, -0.1) is 0 Å². The van der Waals surface area contributed by atoms with Gasteiger partial charge in [-0.1, -0.05) is 42.3 Å². The van der Waals surface area contributed by atoms with Crippen LogP contribution in [0.5, 0.6) is 0 Å². The highest BCUT2D eigenvalue weighted by Gasteiger charge is 2.12. The van der Waals surface area contributed by atoms with E-state index >= 15 is 0 Å². The first-order valence-electron chi connectivity index (χ1n) is 7.65. The second-order valence-electron chi connectivity index (χ2n) is 5.32. The number of aryl methyl sites for hydroxylation is 1. The zero-order valence-electron chi connectivity index (χ0n) is 13.6. The van der Waals surface area contributed by atoms with Gasteiger partial charge >= 0.3 is 0 Å². The number of halogens is 2. The summed E-state index contributed by atoms with van der Waals surface area (Å²) in [6.45, 7) is 2.05. The summed E-state index contributed by atoms with van der Waals surface area (Å²) in [6, 6.07) is 11.3. The van der Waals surface area contributed by atoms with Gasteiger partial charge in [0.25, 0.3) is 0 Å². The highest BCUT2D eigenvalue weighted by Crippen LogP contribution is 2.25. The molecule has 0 aliphatic heterocycles. The fourth-order valence-corrected chi connectivity index (χ4v) is 3.67. The Labute approximate surface area is 157 Å². The summed E-state index contributed by atoms with van der Waals surface area (Å²) in [7, 11) is -3.46.